The number of likely N-dealkylation sites (tertiary alicyclic amines) is 1. The van der Waals surface area contributed by atoms with Gasteiger partial charge < -0.3 is 20.7 Å². The molecule has 0 radical (unpaired) electrons. The van der Waals surface area contributed by atoms with Gasteiger partial charge in [0.2, 0.25) is 0 Å². The summed E-state index contributed by atoms with van der Waals surface area (Å²) in [5, 5.41) is 3.13. The largest absolute Gasteiger partial charge is 0.383 e. The Morgan fingerprint density at radius 3 is 2.95 bits per heavy atom. The SMILES string of the molecule is CCN1CCCC(CN=C(N)NC(C)COC)C1.I. The topological polar surface area (TPSA) is 62.9 Å². The number of halogens is 1. The summed E-state index contributed by atoms with van der Waals surface area (Å²) >= 11 is 0. The summed E-state index contributed by atoms with van der Waals surface area (Å²) in [4.78, 5) is 6.93. The zero-order chi connectivity index (χ0) is 13.4. The molecule has 1 aliphatic rings. The number of piperidine rings is 1. The van der Waals surface area contributed by atoms with Crippen LogP contribution in [0.5, 0.6) is 0 Å². The lowest BCUT2D eigenvalue weighted by atomic mass is 9.98. The molecule has 0 aromatic rings. The zero-order valence-electron chi connectivity index (χ0n) is 12.4. The van der Waals surface area contributed by atoms with E-state index >= 15 is 0 Å². The van der Waals surface area contributed by atoms with Crippen molar-refractivity contribution in [3.8, 4) is 0 Å². The van der Waals surface area contributed by atoms with Gasteiger partial charge in [-0.15, -0.1) is 24.0 Å². The molecule has 1 aliphatic heterocycles. The van der Waals surface area contributed by atoms with E-state index < -0.39 is 0 Å². The monoisotopic (exact) mass is 384 g/mol. The number of ether oxygens (including phenoxy) is 1. The molecular formula is C13H29IN4O. The van der Waals surface area contributed by atoms with Crippen LogP contribution in [0.15, 0.2) is 4.99 Å². The van der Waals surface area contributed by atoms with E-state index in [1.165, 1.54) is 19.4 Å². The Balaban J connectivity index is 0.00000324. The van der Waals surface area contributed by atoms with Crippen molar-refractivity contribution in [2.45, 2.75) is 32.7 Å². The minimum Gasteiger partial charge on any atom is -0.383 e. The van der Waals surface area contributed by atoms with Crippen LogP contribution in [0.25, 0.3) is 0 Å². The van der Waals surface area contributed by atoms with Crippen molar-refractivity contribution in [3.63, 3.8) is 0 Å². The summed E-state index contributed by atoms with van der Waals surface area (Å²) in [6.45, 7) is 9.24. The predicted molar refractivity (Wildman–Crippen MR) is 91.2 cm³/mol. The normalized spacial score (nSPS) is 22.7. The van der Waals surface area contributed by atoms with Gasteiger partial charge in [0.05, 0.1) is 6.61 Å². The van der Waals surface area contributed by atoms with Gasteiger partial charge in [-0.2, -0.15) is 0 Å². The maximum absolute atomic E-state index is 5.86. The molecular weight excluding hydrogens is 355 g/mol. The first-order valence-electron chi connectivity index (χ1n) is 6.93. The second kappa shape index (κ2) is 10.7. The number of hydrogen-bond donors (Lipinski definition) is 2. The van der Waals surface area contributed by atoms with Gasteiger partial charge in [0.25, 0.3) is 0 Å². The first-order valence-corrected chi connectivity index (χ1v) is 6.93. The van der Waals surface area contributed by atoms with Crippen molar-refractivity contribution in [3.05, 3.63) is 0 Å². The lowest BCUT2D eigenvalue weighted by molar-refractivity contribution is 0.178. The highest BCUT2D eigenvalue weighted by atomic mass is 127. The molecule has 0 bridgehead atoms. The quantitative estimate of drug-likeness (QED) is 0.412. The average molecular weight is 384 g/mol. The van der Waals surface area contributed by atoms with E-state index in [0.29, 0.717) is 18.5 Å². The molecule has 2 atom stereocenters. The van der Waals surface area contributed by atoms with Gasteiger partial charge in [0, 0.05) is 26.2 Å². The molecule has 6 heteroatoms. The summed E-state index contributed by atoms with van der Waals surface area (Å²) in [6.07, 6.45) is 2.54. The third-order valence-electron chi connectivity index (χ3n) is 3.38. The molecule has 5 nitrogen and oxygen atoms in total. The minimum atomic E-state index is 0. The van der Waals surface area contributed by atoms with Crippen LogP contribution in [0, 0.1) is 5.92 Å². The van der Waals surface area contributed by atoms with Crippen LogP contribution < -0.4 is 11.1 Å². The zero-order valence-corrected chi connectivity index (χ0v) is 14.7. The van der Waals surface area contributed by atoms with E-state index in [4.69, 9.17) is 10.5 Å². The molecule has 19 heavy (non-hydrogen) atoms. The molecule has 3 N–H and O–H groups in total. The molecule has 114 valence electrons. The van der Waals surface area contributed by atoms with Crippen molar-refractivity contribution in [1.82, 2.24) is 10.2 Å². The Kier molecular flexibility index (Phi) is 10.6. The standard InChI is InChI=1S/C13H28N4O.HI/c1-4-17-7-5-6-12(9-17)8-15-13(14)16-11(2)10-18-3;/h11-12H,4-10H2,1-3H3,(H3,14,15,16);1H. The second-order valence-corrected chi connectivity index (χ2v) is 5.13. The summed E-state index contributed by atoms with van der Waals surface area (Å²) in [7, 11) is 1.69. The molecule has 0 aliphatic carbocycles. The van der Waals surface area contributed by atoms with Crippen molar-refractivity contribution in [2.24, 2.45) is 16.6 Å². The first-order chi connectivity index (χ1) is 8.65. The Bertz CT molecular complexity index is 263. The highest BCUT2D eigenvalue weighted by Gasteiger charge is 2.18. The predicted octanol–water partition coefficient (Wildman–Crippen LogP) is 1.28. The van der Waals surface area contributed by atoms with Crippen LogP contribution in [-0.2, 0) is 4.74 Å². The van der Waals surface area contributed by atoms with E-state index in [2.05, 4.69) is 22.1 Å². The Morgan fingerprint density at radius 2 is 2.32 bits per heavy atom. The van der Waals surface area contributed by atoms with Crippen molar-refractivity contribution < 1.29 is 4.74 Å². The Labute approximate surface area is 134 Å². The molecule has 0 spiro atoms. The smallest absolute Gasteiger partial charge is 0.188 e. The molecule has 0 aromatic heterocycles. The van der Waals surface area contributed by atoms with Crippen molar-refractivity contribution >= 4 is 29.9 Å². The molecule has 1 fully saturated rings. The first kappa shape index (κ1) is 18.9. The van der Waals surface area contributed by atoms with Gasteiger partial charge >= 0.3 is 0 Å². The number of methoxy groups -OCH3 is 1. The summed E-state index contributed by atoms with van der Waals surface area (Å²) < 4.78 is 5.05. The van der Waals surface area contributed by atoms with Crippen molar-refractivity contribution in [1.29, 1.82) is 0 Å². The van der Waals surface area contributed by atoms with E-state index in [1.807, 2.05) is 6.92 Å². The molecule has 2 unspecified atom stereocenters. The fourth-order valence-corrected chi connectivity index (χ4v) is 2.40. The molecule has 0 aromatic carbocycles. The minimum absolute atomic E-state index is 0. The van der Waals surface area contributed by atoms with Gasteiger partial charge in [-0.1, -0.05) is 6.92 Å². The van der Waals surface area contributed by atoms with Crippen LogP contribution in [0.3, 0.4) is 0 Å². The highest BCUT2D eigenvalue weighted by Crippen LogP contribution is 2.16. The summed E-state index contributed by atoms with van der Waals surface area (Å²) in [5.74, 6) is 1.19. The van der Waals surface area contributed by atoms with Crippen LogP contribution in [0.4, 0.5) is 0 Å². The van der Waals surface area contributed by atoms with Crippen LogP contribution in [0.2, 0.25) is 0 Å². The fourth-order valence-electron chi connectivity index (χ4n) is 2.40. The van der Waals surface area contributed by atoms with Gasteiger partial charge in [0.15, 0.2) is 5.96 Å². The Hall–Kier alpha value is -0.0800. The maximum atomic E-state index is 5.86. The Morgan fingerprint density at radius 1 is 1.58 bits per heavy atom. The van der Waals surface area contributed by atoms with E-state index in [1.54, 1.807) is 7.11 Å². The lowest BCUT2D eigenvalue weighted by Gasteiger charge is -2.31. The maximum Gasteiger partial charge on any atom is 0.188 e. The highest BCUT2D eigenvalue weighted by molar-refractivity contribution is 14.0. The van der Waals surface area contributed by atoms with Gasteiger partial charge in [0.1, 0.15) is 0 Å². The van der Waals surface area contributed by atoms with Gasteiger partial charge in [-0.05, 0) is 38.8 Å². The van der Waals surface area contributed by atoms with Crippen LogP contribution in [-0.4, -0.2) is 56.8 Å². The molecule has 1 heterocycles. The van der Waals surface area contributed by atoms with E-state index in [9.17, 15) is 0 Å². The van der Waals surface area contributed by atoms with Crippen molar-refractivity contribution in [2.75, 3.05) is 39.9 Å². The van der Waals surface area contributed by atoms with E-state index in [0.717, 1.165) is 19.6 Å². The summed E-state index contributed by atoms with van der Waals surface area (Å²) in [5.41, 5.74) is 5.86. The second-order valence-electron chi connectivity index (χ2n) is 5.13. The molecule has 0 amide bonds. The number of nitrogens with one attached hydrogen (secondary N) is 1. The average Bonchev–Trinajstić information content (AvgIpc) is 2.37. The van der Waals surface area contributed by atoms with Gasteiger partial charge in [-0.25, -0.2) is 0 Å². The third kappa shape index (κ3) is 7.94. The number of hydrogen-bond acceptors (Lipinski definition) is 3. The number of nitrogens with two attached hydrogens (primary N) is 1. The van der Waals surface area contributed by atoms with Crippen LogP contribution in [0.1, 0.15) is 26.7 Å². The number of aliphatic imine (C=N–C) groups is 1. The third-order valence-corrected chi connectivity index (χ3v) is 3.38. The number of nitrogens with zero attached hydrogens (tertiary/aromatic N) is 2. The van der Waals surface area contributed by atoms with Crippen LogP contribution >= 0.6 is 24.0 Å². The number of guanidine groups is 1. The molecule has 0 saturated carbocycles. The van der Waals surface area contributed by atoms with E-state index in [-0.39, 0.29) is 30.0 Å². The molecule has 1 rings (SSSR count). The van der Waals surface area contributed by atoms with Gasteiger partial charge in [-0.3, -0.25) is 4.99 Å². The molecule has 1 saturated heterocycles. The lowest BCUT2D eigenvalue weighted by Crippen LogP contribution is -2.41. The summed E-state index contributed by atoms with van der Waals surface area (Å²) in [6, 6.07) is 0.206. The fraction of sp³-hybridized carbons (Fsp3) is 0.923. The number of rotatable bonds is 6.